The van der Waals surface area contributed by atoms with Crippen LogP contribution >= 0.6 is 0 Å². The second-order valence-corrected chi connectivity index (χ2v) is 7.45. The molecule has 0 atom stereocenters. The Kier molecular flexibility index (Phi) is 17.5. The summed E-state index contributed by atoms with van der Waals surface area (Å²) in [6.45, 7) is 9.94. The highest BCUT2D eigenvalue weighted by molar-refractivity contribution is 5.76. The minimum Gasteiger partial charge on any atom is -0.495 e. The summed E-state index contributed by atoms with van der Waals surface area (Å²) < 4.78 is 5.20. The van der Waals surface area contributed by atoms with E-state index in [9.17, 15) is 10.1 Å². The first-order valence-corrected chi connectivity index (χ1v) is 12.0. The van der Waals surface area contributed by atoms with Gasteiger partial charge in [-0.3, -0.25) is 14.7 Å². The molecule has 4 N–H and O–H groups in total. The predicted molar refractivity (Wildman–Crippen MR) is 147 cm³/mol. The van der Waals surface area contributed by atoms with Gasteiger partial charge in [-0.15, -0.1) is 12.8 Å². The zero-order valence-corrected chi connectivity index (χ0v) is 22.1. The molecule has 1 saturated heterocycles. The van der Waals surface area contributed by atoms with Gasteiger partial charge in [0.2, 0.25) is 5.91 Å². The Balaban J connectivity index is 0.00000291. The summed E-state index contributed by atoms with van der Waals surface area (Å²) in [6.07, 6.45) is 16.9. The molecule has 36 heavy (non-hydrogen) atoms. The molecule has 1 aliphatic rings. The quantitative estimate of drug-likeness (QED) is 0.128. The lowest BCUT2D eigenvalue weighted by Gasteiger charge is -2.34. The molecule has 1 fully saturated rings. The number of methoxy groups -OCH3 is 1. The van der Waals surface area contributed by atoms with Crippen molar-refractivity contribution in [1.29, 1.82) is 5.26 Å². The van der Waals surface area contributed by atoms with Crippen LogP contribution in [0.2, 0.25) is 0 Å². The van der Waals surface area contributed by atoms with Gasteiger partial charge in [0.1, 0.15) is 18.2 Å². The van der Waals surface area contributed by atoms with Gasteiger partial charge in [-0.05, 0) is 43.5 Å². The van der Waals surface area contributed by atoms with Crippen molar-refractivity contribution in [3.05, 3.63) is 53.3 Å². The lowest BCUT2D eigenvalue weighted by atomic mass is 10.1. The number of terminal acetylenes is 1. The molecule has 0 spiro atoms. The summed E-state index contributed by atoms with van der Waals surface area (Å²) in [5.41, 5.74) is 2.42. The number of hydrazone groups is 1. The third-order valence-corrected chi connectivity index (χ3v) is 5.42. The maximum atomic E-state index is 12.5. The van der Waals surface area contributed by atoms with E-state index in [1.165, 1.54) is 11.3 Å². The van der Waals surface area contributed by atoms with E-state index in [1.807, 2.05) is 62.1 Å². The summed E-state index contributed by atoms with van der Waals surface area (Å²) in [5.74, 6) is 11.7. The van der Waals surface area contributed by atoms with Crippen molar-refractivity contribution in [3.63, 3.8) is 0 Å². The zero-order valence-electron chi connectivity index (χ0n) is 22.1. The Morgan fingerprint density at radius 3 is 2.50 bits per heavy atom. The number of piperazine rings is 1. The van der Waals surface area contributed by atoms with Gasteiger partial charge in [0.15, 0.2) is 0 Å². The standard InChI is InChI=1S/C23H33N7O2.C2H6.C2H2/c1-3-21(30(26)18-27-25)6-4-5-7-23(31)29-14-12-28(13-15-29)11-10-19-8-9-22(32-2)20(16-19)17-24;2*1-2/h3-4,6,8-9,16,18H,5,7,10-15,25-26H2,1-2H3;1-2H3;1-2H/b6-4-,21-3+,27-18-;;. The SMILES string of the molecule is C#C.C/C=C(\C=C/CCC(=O)N1CCN(CCc2ccc(OC)c(C#N)c2)CC1)N(N)/C=N\N.CC. The summed E-state index contributed by atoms with van der Waals surface area (Å²) in [7, 11) is 1.57. The highest BCUT2D eigenvalue weighted by Gasteiger charge is 2.20. The van der Waals surface area contributed by atoms with Crippen LogP contribution in [0.4, 0.5) is 0 Å². The molecule has 1 aromatic carbocycles. The fraction of sp³-hybridized carbons (Fsp3) is 0.444. The number of nitrogens with two attached hydrogens (primary N) is 2. The lowest BCUT2D eigenvalue weighted by Crippen LogP contribution is -2.49. The molecule has 9 nitrogen and oxygen atoms in total. The molecular weight excluding hydrogens is 454 g/mol. The molecule has 0 aliphatic carbocycles. The molecule has 0 unspecified atom stereocenters. The number of nitriles is 1. The van der Waals surface area contributed by atoms with Crippen molar-refractivity contribution < 1.29 is 9.53 Å². The third-order valence-electron chi connectivity index (χ3n) is 5.42. The molecule has 0 radical (unpaired) electrons. The number of hydrogen-bond donors (Lipinski definition) is 2. The van der Waals surface area contributed by atoms with E-state index in [0.717, 1.165) is 50.4 Å². The molecule has 1 aromatic rings. The normalized spacial score (nSPS) is 13.8. The summed E-state index contributed by atoms with van der Waals surface area (Å²) in [5, 5.41) is 13.9. The third kappa shape index (κ3) is 11.1. The predicted octanol–water partition coefficient (Wildman–Crippen LogP) is 2.85. The molecule has 0 bridgehead atoms. The van der Waals surface area contributed by atoms with Crippen LogP contribution in [0.3, 0.4) is 0 Å². The first-order chi connectivity index (χ1) is 17.5. The number of nitrogens with zero attached hydrogens (tertiary/aromatic N) is 5. The van der Waals surface area contributed by atoms with E-state index >= 15 is 0 Å². The number of carbonyl (C=O) groups excluding carboxylic acids is 1. The highest BCUT2D eigenvalue weighted by atomic mass is 16.5. The minimum atomic E-state index is 0.165. The van der Waals surface area contributed by atoms with Crippen LogP contribution in [0.25, 0.3) is 0 Å². The smallest absolute Gasteiger partial charge is 0.222 e. The fourth-order valence-electron chi connectivity index (χ4n) is 3.54. The highest BCUT2D eigenvalue weighted by Crippen LogP contribution is 2.19. The number of benzene rings is 1. The van der Waals surface area contributed by atoms with E-state index in [2.05, 4.69) is 28.9 Å². The molecule has 2 rings (SSSR count). The van der Waals surface area contributed by atoms with E-state index in [1.54, 1.807) is 7.11 Å². The summed E-state index contributed by atoms with van der Waals surface area (Å²) in [6, 6.07) is 7.90. The molecule has 196 valence electrons. The Hall–Kier alpha value is -3.79. The summed E-state index contributed by atoms with van der Waals surface area (Å²) >= 11 is 0. The molecule has 1 heterocycles. The van der Waals surface area contributed by atoms with Crippen molar-refractivity contribution in [2.24, 2.45) is 16.8 Å². The largest absolute Gasteiger partial charge is 0.495 e. The van der Waals surface area contributed by atoms with Crippen LogP contribution in [-0.4, -0.2) is 66.9 Å². The van der Waals surface area contributed by atoms with Crippen molar-refractivity contribution in [2.75, 3.05) is 39.8 Å². The van der Waals surface area contributed by atoms with Gasteiger partial charge >= 0.3 is 0 Å². The second kappa shape index (κ2) is 19.5. The van der Waals surface area contributed by atoms with Crippen molar-refractivity contribution in [2.45, 2.75) is 40.0 Å². The van der Waals surface area contributed by atoms with Gasteiger partial charge in [0.25, 0.3) is 0 Å². The van der Waals surface area contributed by atoms with E-state index in [0.29, 0.717) is 24.2 Å². The monoisotopic (exact) mass is 495 g/mol. The fourth-order valence-corrected chi connectivity index (χ4v) is 3.54. The molecule has 1 amide bonds. The lowest BCUT2D eigenvalue weighted by molar-refractivity contribution is -0.132. The van der Waals surface area contributed by atoms with E-state index in [4.69, 9.17) is 16.4 Å². The Morgan fingerprint density at radius 2 is 1.94 bits per heavy atom. The number of carbonyl (C=O) groups is 1. The molecular formula is C27H41N7O2. The number of allylic oxidation sites excluding steroid dienone is 3. The second-order valence-electron chi connectivity index (χ2n) is 7.45. The van der Waals surface area contributed by atoms with Gasteiger partial charge in [-0.2, -0.15) is 10.4 Å². The van der Waals surface area contributed by atoms with Crippen LogP contribution in [-0.2, 0) is 11.2 Å². The van der Waals surface area contributed by atoms with Crippen LogP contribution < -0.4 is 16.4 Å². The molecule has 0 aromatic heterocycles. The molecule has 9 heteroatoms. The van der Waals surface area contributed by atoms with Crippen LogP contribution in [0.1, 0.15) is 44.7 Å². The average molecular weight is 496 g/mol. The minimum absolute atomic E-state index is 0.165. The summed E-state index contributed by atoms with van der Waals surface area (Å²) in [4.78, 5) is 16.8. The first-order valence-electron chi connectivity index (χ1n) is 12.0. The molecule has 0 saturated carbocycles. The topological polar surface area (TPSA) is 124 Å². The Bertz CT molecular complexity index is 924. The van der Waals surface area contributed by atoms with Crippen LogP contribution in [0.5, 0.6) is 5.75 Å². The number of rotatable bonds is 10. The van der Waals surface area contributed by atoms with E-state index < -0.39 is 0 Å². The van der Waals surface area contributed by atoms with Gasteiger partial charge in [-0.25, -0.2) is 5.84 Å². The van der Waals surface area contributed by atoms with Crippen LogP contribution in [0, 0.1) is 24.2 Å². The van der Waals surface area contributed by atoms with E-state index in [-0.39, 0.29) is 5.91 Å². The molecule has 1 aliphatic heterocycles. The van der Waals surface area contributed by atoms with Crippen molar-refractivity contribution >= 4 is 12.2 Å². The van der Waals surface area contributed by atoms with Gasteiger partial charge < -0.3 is 15.5 Å². The van der Waals surface area contributed by atoms with Crippen molar-refractivity contribution in [1.82, 2.24) is 14.8 Å². The number of hydrazine groups is 1. The Morgan fingerprint density at radius 1 is 1.28 bits per heavy atom. The van der Waals surface area contributed by atoms with Crippen LogP contribution in [0.15, 0.2) is 47.2 Å². The first kappa shape index (κ1) is 32.2. The van der Waals surface area contributed by atoms with Gasteiger partial charge in [-0.1, -0.05) is 32.1 Å². The number of ether oxygens (including phenoxy) is 1. The van der Waals surface area contributed by atoms with Gasteiger partial charge in [0.05, 0.1) is 18.4 Å². The number of hydrogen-bond acceptors (Lipinski definition) is 7. The van der Waals surface area contributed by atoms with Crippen molar-refractivity contribution in [3.8, 4) is 24.7 Å². The Labute approximate surface area is 216 Å². The zero-order chi connectivity index (χ0) is 27.3. The maximum absolute atomic E-state index is 12.5. The average Bonchev–Trinajstić information content (AvgIpc) is 2.94. The maximum Gasteiger partial charge on any atom is 0.222 e. The van der Waals surface area contributed by atoms with Gasteiger partial charge in [0, 0.05) is 39.1 Å². The number of amides is 1.